The standard InChI is InChI=1S/C40H37ClF8N4/c1-23(50)37(35(51)20-24-8-16-30(42)17-9-24,28-14-18-33(41)31(21-28)39(44,45)46)38(53,29-15-19-34(43)32(22-29)40(47,48)49)36(2,52)27-12-10-26(11-13-27)25-6-4-3-5-7-25/h3-19,21-23,35H,20,50-53H2,1-2H3. The van der Waals surface area contributed by atoms with E-state index in [-0.39, 0.29) is 17.5 Å². The summed E-state index contributed by atoms with van der Waals surface area (Å²) in [7, 11) is 0. The largest absolute Gasteiger partial charge is 0.419 e. The average molecular weight is 761 g/mol. The lowest BCUT2D eigenvalue weighted by atomic mass is 9.48. The van der Waals surface area contributed by atoms with Gasteiger partial charge in [0.1, 0.15) is 11.6 Å². The zero-order valence-corrected chi connectivity index (χ0v) is 29.3. The van der Waals surface area contributed by atoms with E-state index in [2.05, 4.69) is 0 Å². The smallest absolute Gasteiger partial charge is 0.327 e. The Kier molecular flexibility index (Phi) is 10.9. The topological polar surface area (TPSA) is 104 Å². The lowest BCUT2D eigenvalue weighted by molar-refractivity contribution is -0.140. The monoisotopic (exact) mass is 760 g/mol. The van der Waals surface area contributed by atoms with Crippen molar-refractivity contribution in [2.75, 3.05) is 0 Å². The van der Waals surface area contributed by atoms with Crippen LogP contribution in [-0.4, -0.2) is 12.1 Å². The van der Waals surface area contributed by atoms with E-state index in [1.165, 1.54) is 32.0 Å². The molecule has 0 heterocycles. The molecule has 0 fully saturated rings. The van der Waals surface area contributed by atoms with Crippen LogP contribution in [0, 0.1) is 11.6 Å². The molecule has 0 saturated heterocycles. The highest BCUT2D eigenvalue weighted by molar-refractivity contribution is 6.31. The fourth-order valence-corrected chi connectivity index (χ4v) is 7.78. The van der Waals surface area contributed by atoms with Gasteiger partial charge in [-0.05, 0) is 90.0 Å². The summed E-state index contributed by atoms with van der Waals surface area (Å²) >= 11 is 6.06. The normalized spacial score (nSPS) is 17.0. The number of halogens is 9. The molecule has 5 rings (SSSR count). The van der Waals surface area contributed by atoms with Crippen molar-refractivity contribution < 1.29 is 35.1 Å². The number of rotatable bonds is 10. The number of nitrogens with two attached hydrogens (primary N) is 4. The van der Waals surface area contributed by atoms with Crippen LogP contribution >= 0.6 is 11.6 Å². The molecule has 0 saturated carbocycles. The minimum Gasteiger partial charge on any atom is -0.327 e. The summed E-state index contributed by atoms with van der Waals surface area (Å²) in [6.07, 6.45) is -10.4. The second kappa shape index (κ2) is 14.5. The molecule has 0 amide bonds. The molecule has 0 aliphatic heterocycles. The van der Waals surface area contributed by atoms with E-state index in [4.69, 9.17) is 34.5 Å². The van der Waals surface area contributed by atoms with E-state index in [1.807, 2.05) is 30.3 Å². The maximum atomic E-state index is 15.0. The molecule has 13 heteroatoms. The lowest BCUT2D eigenvalue weighted by Crippen LogP contribution is -2.78. The van der Waals surface area contributed by atoms with Crippen molar-refractivity contribution in [2.24, 2.45) is 22.9 Å². The van der Waals surface area contributed by atoms with Crippen LogP contribution in [0.5, 0.6) is 0 Å². The van der Waals surface area contributed by atoms with Gasteiger partial charge in [0.05, 0.1) is 27.2 Å². The second-order valence-corrected chi connectivity index (χ2v) is 13.8. The Morgan fingerprint density at radius 2 is 1.13 bits per heavy atom. The van der Waals surface area contributed by atoms with Gasteiger partial charge in [0, 0.05) is 17.5 Å². The van der Waals surface area contributed by atoms with Crippen LogP contribution in [-0.2, 0) is 35.3 Å². The summed E-state index contributed by atoms with van der Waals surface area (Å²) in [6.45, 7) is 2.81. The summed E-state index contributed by atoms with van der Waals surface area (Å²) in [5, 5.41) is -0.678. The second-order valence-electron chi connectivity index (χ2n) is 13.4. The van der Waals surface area contributed by atoms with Crippen molar-refractivity contribution in [3.8, 4) is 11.1 Å². The molecular weight excluding hydrogens is 724 g/mol. The molecule has 0 bridgehead atoms. The minimum atomic E-state index is -5.22. The van der Waals surface area contributed by atoms with Crippen LogP contribution in [0.4, 0.5) is 35.1 Å². The first-order chi connectivity index (χ1) is 24.6. The Labute approximate surface area is 306 Å². The first-order valence-corrected chi connectivity index (χ1v) is 16.8. The van der Waals surface area contributed by atoms with Crippen molar-refractivity contribution in [3.63, 3.8) is 0 Å². The Morgan fingerprint density at radius 3 is 1.68 bits per heavy atom. The molecule has 0 aliphatic carbocycles. The molecule has 8 N–H and O–H groups in total. The Hall–Kier alpha value is -4.33. The number of hydrogen-bond donors (Lipinski definition) is 4. The number of alkyl halides is 6. The van der Waals surface area contributed by atoms with Crippen LogP contribution in [0.3, 0.4) is 0 Å². The molecule has 4 nitrogen and oxygen atoms in total. The van der Waals surface area contributed by atoms with Gasteiger partial charge in [-0.15, -0.1) is 0 Å². The van der Waals surface area contributed by atoms with Crippen LogP contribution in [0.1, 0.15) is 47.2 Å². The maximum Gasteiger partial charge on any atom is 0.419 e. The van der Waals surface area contributed by atoms with E-state index in [9.17, 15) is 35.1 Å². The summed E-state index contributed by atoms with van der Waals surface area (Å²) < 4.78 is 116. The van der Waals surface area contributed by atoms with E-state index < -0.39 is 74.3 Å². The number of benzene rings is 5. The molecule has 5 unspecified atom stereocenters. The van der Waals surface area contributed by atoms with Gasteiger partial charge in [-0.2, -0.15) is 26.3 Å². The number of hydrogen-bond acceptors (Lipinski definition) is 4. The van der Waals surface area contributed by atoms with Gasteiger partial charge >= 0.3 is 12.4 Å². The fraction of sp³-hybridized carbons (Fsp3) is 0.250. The zero-order chi connectivity index (χ0) is 39.1. The highest BCUT2D eigenvalue weighted by Crippen LogP contribution is 2.55. The van der Waals surface area contributed by atoms with Gasteiger partial charge in [0.25, 0.3) is 0 Å². The molecule has 0 spiro atoms. The molecule has 280 valence electrons. The van der Waals surface area contributed by atoms with Crippen molar-refractivity contribution in [1.82, 2.24) is 0 Å². The third-order valence-electron chi connectivity index (χ3n) is 10.2. The SMILES string of the molecule is CC(N)C(c1ccc(Cl)c(C(F)(F)F)c1)(C(N)Cc1ccc(F)cc1)C(N)(c1ccc(F)c(C(F)(F)F)c1)C(C)(N)c1ccc(-c2ccccc2)cc1. The van der Waals surface area contributed by atoms with Crippen molar-refractivity contribution in [2.45, 2.75) is 61.2 Å². The molecule has 0 aromatic heterocycles. The average Bonchev–Trinajstić information content (AvgIpc) is 3.09. The van der Waals surface area contributed by atoms with Crippen LogP contribution in [0.2, 0.25) is 5.02 Å². The van der Waals surface area contributed by atoms with Crippen LogP contribution in [0.15, 0.2) is 115 Å². The van der Waals surface area contributed by atoms with Gasteiger partial charge in [-0.25, -0.2) is 8.78 Å². The minimum absolute atomic E-state index is 0.221. The van der Waals surface area contributed by atoms with E-state index in [0.29, 0.717) is 23.8 Å². The highest BCUT2D eigenvalue weighted by atomic mass is 35.5. The van der Waals surface area contributed by atoms with Gasteiger partial charge in [0.15, 0.2) is 0 Å². The predicted molar refractivity (Wildman–Crippen MR) is 191 cm³/mol. The maximum absolute atomic E-state index is 15.0. The van der Waals surface area contributed by atoms with Gasteiger partial charge in [-0.1, -0.05) is 90.5 Å². The Morgan fingerprint density at radius 1 is 0.623 bits per heavy atom. The van der Waals surface area contributed by atoms with Crippen molar-refractivity contribution >= 4 is 11.6 Å². The third-order valence-corrected chi connectivity index (χ3v) is 10.5. The van der Waals surface area contributed by atoms with Gasteiger partial charge in [0.2, 0.25) is 0 Å². The first kappa shape index (κ1) is 39.9. The lowest BCUT2D eigenvalue weighted by Gasteiger charge is -2.61. The molecule has 5 atom stereocenters. The molecular formula is C40H37ClF8N4. The van der Waals surface area contributed by atoms with E-state index >= 15 is 0 Å². The highest BCUT2D eigenvalue weighted by Gasteiger charge is 2.64. The van der Waals surface area contributed by atoms with E-state index in [1.54, 1.807) is 24.3 Å². The molecule has 53 heavy (non-hydrogen) atoms. The zero-order valence-electron chi connectivity index (χ0n) is 28.5. The fourth-order valence-electron chi connectivity index (χ4n) is 7.55. The van der Waals surface area contributed by atoms with Gasteiger partial charge in [-0.3, -0.25) is 0 Å². The molecule has 0 aliphatic rings. The third kappa shape index (κ3) is 7.18. The van der Waals surface area contributed by atoms with E-state index in [0.717, 1.165) is 35.4 Å². The van der Waals surface area contributed by atoms with Crippen molar-refractivity contribution in [1.29, 1.82) is 0 Å². The summed E-state index contributed by atoms with van der Waals surface area (Å²) in [4.78, 5) is 0. The van der Waals surface area contributed by atoms with Crippen LogP contribution in [0.25, 0.3) is 11.1 Å². The summed E-state index contributed by atoms with van der Waals surface area (Å²) in [5.74, 6) is -2.21. The van der Waals surface area contributed by atoms with Crippen LogP contribution < -0.4 is 22.9 Å². The molecule has 5 aromatic rings. The molecule has 5 aromatic carbocycles. The summed E-state index contributed by atoms with van der Waals surface area (Å²) in [6, 6.07) is 23.0. The quantitative estimate of drug-likeness (QED) is 0.107. The Balaban J connectivity index is 1.92. The first-order valence-electron chi connectivity index (χ1n) is 16.4. The molecule has 0 radical (unpaired) electrons. The van der Waals surface area contributed by atoms with Gasteiger partial charge < -0.3 is 22.9 Å². The summed E-state index contributed by atoms with van der Waals surface area (Å²) in [5.41, 5.74) is 20.6. The Bertz CT molecular complexity index is 2050. The van der Waals surface area contributed by atoms with Crippen molar-refractivity contribution in [3.05, 3.63) is 165 Å². The predicted octanol–water partition coefficient (Wildman–Crippen LogP) is 9.21.